The van der Waals surface area contributed by atoms with E-state index in [2.05, 4.69) is 17.1 Å². The summed E-state index contributed by atoms with van der Waals surface area (Å²) in [5.41, 5.74) is 6.13. The Balaban J connectivity index is 0.00000338. The van der Waals surface area contributed by atoms with E-state index < -0.39 is 9.84 Å². The summed E-state index contributed by atoms with van der Waals surface area (Å²) < 4.78 is 29.7. The van der Waals surface area contributed by atoms with Crippen molar-refractivity contribution in [2.24, 2.45) is 0 Å². The number of rotatable bonds is 6. The number of carbonyl (C=O) groups is 1. The predicted octanol–water partition coefficient (Wildman–Crippen LogP) is 1.71. The highest BCUT2D eigenvalue weighted by Gasteiger charge is 2.25. The average Bonchev–Trinajstić information content (AvgIpc) is 2.61. The number of likely N-dealkylation sites (N-methyl/N-ethyl adjacent to an activating group) is 1. The number of anilines is 1. The summed E-state index contributed by atoms with van der Waals surface area (Å²) in [5, 5.41) is 2.99. The van der Waals surface area contributed by atoms with Crippen LogP contribution in [-0.2, 0) is 9.84 Å². The third kappa shape index (κ3) is 5.02. The molecule has 0 radical (unpaired) electrons. The van der Waals surface area contributed by atoms with Crippen LogP contribution in [0.15, 0.2) is 17.0 Å². The molecule has 0 saturated carbocycles. The SMILES string of the molecule is CCN1CCCC(NC(=O)c2cc(S(=O)(=O)CC)c(N)cc2OC)C1.Cl. The number of ether oxygens (including phenoxy) is 1. The summed E-state index contributed by atoms with van der Waals surface area (Å²) in [5.74, 6) is -0.154. The molecule has 0 bridgehead atoms. The molecule has 1 aliphatic rings. The van der Waals surface area contributed by atoms with Gasteiger partial charge in [-0.3, -0.25) is 4.79 Å². The zero-order valence-electron chi connectivity index (χ0n) is 15.4. The molecule has 26 heavy (non-hydrogen) atoms. The number of hydrogen-bond acceptors (Lipinski definition) is 6. The molecular weight excluding hydrogens is 378 g/mol. The van der Waals surface area contributed by atoms with E-state index in [1.54, 1.807) is 6.92 Å². The van der Waals surface area contributed by atoms with Crippen molar-refractivity contribution in [3.05, 3.63) is 17.7 Å². The highest BCUT2D eigenvalue weighted by atomic mass is 35.5. The van der Waals surface area contributed by atoms with Crippen molar-refractivity contribution in [3.63, 3.8) is 0 Å². The van der Waals surface area contributed by atoms with Crippen molar-refractivity contribution in [2.45, 2.75) is 37.6 Å². The van der Waals surface area contributed by atoms with Crippen LogP contribution in [-0.4, -0.2) is 57.8 Å². The van der Waals surface area contributed by atoms with Gasteiger partial charge in [0.25, 0.3) is 5.91 Å². The van der Waals surface area contributed by atoms with Crippen molar-refractivity contribution in [2.75, 3.05) is 38.2 Å². The van der Waals surface area contributed by atoms with Gasteiger partial charge >= 0.3 is 0 Å². The summed E-state index contributed by atoms with van der Waals surface area (Å²) in [6.45, 7) is 6.40. The molecule has 2 rings (SSSR count). The van der Waals surface area contributed by atoms with Gasteiger partial charge in [-0.2, -0.15) is 0 Å². The fraction of sp³-hybridized carbons (Fsp3) is 0.588. The second-order valence-corrected chi connectivity index (χ2v) is 8.45. The van der Waals surface area contributed by atoms with Crippen LogP contribution in [0, 0.1) is 0 Å². The molecule has 1 aromatic rings. The van der Waals surface area contributed by atoms with E-state index in [1.807, 2.05) is 0 Å². The molecule has 1 heterocycles. The Morgan fingerprint density at radius 3 is 2.65 bits per heavy atom. The van der Waals surface area contributed by atoms with Gasteiger partial charge in [0, 0.05) is 18.7 Å². The molecule has 1 saturated heterocycles. The Bertz CT molecular complexity index is 740. The molecule has 1 aromatic carbocycles. The van der Waals surface area contributed by atoms with Crippen LogP contribution in [0.25, 0.3) is 0 Å². The van der Waals surface area contributed by atoms with Crippen LogP contribution >= 0.6 is 12.4 Å². The molecule has 9 heteroatoms. The molecule has 0 aromatic heterocycles. The zero-order chi connectivity index (χ0) is 18.6. The second kappa shape index (κ2) is 9.43. The first-order chi connectivity index (χ1) is 11.8. The van der Waals surface area contributed by atoms with Gasteiger partial charge in [-0.25, -0.2) is 8.42 Å². The Morgan fingerprint density at radius 1 is 1.38 bits per heavy atom. The molecule has 3 N–H and O–H groups in total. The quantitative estimate of drug-likeness (QED) is 0.698. The zero-order valence-corrected chi connectivity index (χ0v) is 17.1. The van der Waals surface area contributed by atoms with Gasteiger partial charge in [0.2, 0.25) is 0 Å². The normalized spacial score (nSPS) is 18.0. The lowest BCUT2D eigenvalue weighted by Crippen LogP contribution is -2.47. The van der Waals surface area contributed by atoms with Gasteiger partial charge < -0.3 is 20.7 Å². The van der Waals surface area contributed by atoms with Crippen molar-refractivity contribution >= 4 is 33.8 Å². The number of nitrogen functional groups attached to an aromatic ring is 1. The minimum absolute atomic E-state index is 0. The van der Waals surface area contributed by atoms with Crippen molar-refractivity contribution in [1.82, 2.24) is 10.2 Å². The Hall–Kier alpha value is -1.51. The maximum absolute atomic E-state index is 12.7. The van der Waals surface area contributed by atoms with Crippen molar-refractivity contribution in [3.8, 4) is 5.75 Å². The van der Waals surface area contributed by atoms with Crippen LogP contribution in [0.5, 0.6) is 5.75 Å². The van der Waals surface area contributed by atoms with Crippen LogP contribution < -0.4 is 15.8 Å². The number of nitrogens with zero attached hydrogens (tertiary/aromatic N) is 1. The van der Waals surface area contributed by atoms with E-state index in [4.69, 9.17) is 10.5 Å². The summed E-state index contributed by atoms with van der Waals surface area (Å²) >= 11 is 0. The number of nitrogens with one attached hydrogen (secondary N) is 1. The van der Waals surface area contributed by atoms with Crippen LogP contribution in [0.3, 0.4) is 0 Å². The number of amides is 1. The molecule has 7 nitrogen and oxygen atoms in total. The lowest BCUT2D eigenvalue weighted by atomic mass is 10.0. The van der Waals surface area contributed by atoms with Crippen molar-refractivity contribution < 1.29 is 17.9 Å². The first-order valence-electron chi connectivity index (χ1n) is 8.55. The first kappa shape index (κ1) is 22.5. The molecule has 148 valence electrons. The highest BCUT2D eigenvalue weighted by Crippen LogP contribution is 2.29. The third-order valence-corrected chi connectivity index (χ3v) is 6.36. The van der Waals surface area contributed by atoms with E-state index in [1.165, 1.54) is 19.2 Å². The van der Waals surface area contributed by atoms with Crippen LogP contribution in [0.4, 0.5) is 5.69 Å². The van der Waals surface area contributed by atoms with E-state index in [0.29, 0.717) is 0 Å². The van der Waals surface area contributed by atoms with Crippen LogP contribution in [0.2, 0.25) is 0 Å². The summed E-state index contributed by atoms with van der Waals surface area (Å²) in [4.78, 5) is 15.0. The molecule has 0 aliphatic carbocycles. The number of sulfone groups is 1. The number of benzene rings is 1. The van der Waals surface area contributed by atoms with Gasteiger partial charge in [-0.1, -0.05) is 13.8 Å². The number of nitrogens with two attached hydrogens (primary N) is 1. The lowest BCUT2D eigenvalue weighted by molar-refractivity contribution is 0.0902. The third-order valence-electron chi connectivity index (χ3n) is 4.58. The topological polar surface area (TPSA) is 102 Å². The number of carbonyl (C=O) groups excluding carboxylic acids is 1. The number of halogens is 1. The second-order valence-electron chi connectivity index (χ2n) is 6.20. The molecule has 1 atom stereocenters. The number of piperidine rings is 1. The fourth-order valence-corrected chi connectivity index (χ4v) is 4.10. The number of hydrogen-bond donors (Lipinski definition) is 2. The van der Waals surface area contributed by atoms with Gasteiger partial charge in [0.05, 0.1) is 29.0 Å². The maximum atomic E-state index is 12.7. The number of likely N-dealkylation sites (tertiary alicyclic amines) is 1. The van der Waals surface area contributed by atoms with Gasteiger partial charge in [-0.05, 0) is 32.0 Å². The molecule has 1 aliphatic heterocycles. The molecule has 1 fully saturated rings. The molecule has 1 amide bonds. The Kier molecular flexibility index (Phi) is 8.17. The highest BCUT2D eigenvalue weighted by molar-refractivity contribution is 7.91. The van der Waals surface area contributed by atoms with Crippen LogP contribution in [0.1, 0.15) is 37.0 Å². The maximum Gasteiger partial charge on any atom is 0.255 e. The largest absolute Gasteiger partial charge is 0.496 e. The molecule has 0 spiro atoms. The monoisotopic (exact) mass is 405 g/mol. The summed E-state index contributed by atoms with van der Waals surface area (Å²) in [7, 11) is -2.09. The minimum atomic E-state index is -3.52. The molecule has 1 unspecified atom stereocenters. The first-order valence-corrected chi connectivity index (χ1v) is 10.2. The van der Waals surface area contributed by atoms with Crippen molar-refractivity contribution in [1.29, 1.82) is 0 Å². The fourth-order valence-electron chi connectivity index (χ4n) is 3.07. The molecular formula is C17H28ClN3O4S. The standard InChI is InChI=1S/C17H27N3O4S.ClH/c1-4-20-8-6-7-12(11-20)19-17(21)13-9-16(25(22,23)5-2)14(18)10-15(13)24-3;/h9-10,12H,4-8,11,18H2,1-3H3,(H,19,21);1H. The Morgan fingerprint density at radius 2 is 2.08 bits per heavy atom. The van der Waals surface area contributed by atoms with E-state index >= 15 is 0 Å². The number of methoxy groups -OCH3 is 1. The summed E-state index contributed by atoms with van der Waals surface area (Å²) in [6.07, 6.45) is 1.92. The van der Waals surface area contributed by atoms with E-state index in [9.17, 15) is 13.2 Å². The van der Waals surface area contributed by atoms with E-state index in [0.717, 1.165) is 32.5 Å². The van der Waals surface area contributed by atoms with Gasteiger partial charge in [0.15, 0.2) is 9.84 Å². The predicted molar refractivity (Wildman–Crippen MR) is 105 cm³/mol. The lowest BCUT2D eigenvalue weighted by Gasteiger charge is -2.32. The summed E-state index contributed by atoms with van der Waals surface area (Å²) in [6, 6.07) is 2.76. The smallest absolute Gasteiger partial charge is 0.255 e. The minimum Gasteiger partial charge on any atom is -0.496 e. The Labute approximate surface area is 161 Å². The van der Waals surface area contributed by atoms with E-state index in [-0.39, 0.29) is 52.0 Å². The van der Waals surface area contributed by atoms with Gasteiger partial charge in [-0.15, -0.1) is 12.4 Å². The van der Waals surface area contributed by atoms with Gasteiger partial charge in [0.1, 0.15) is 5.75 Å². The average molecular weight is 406 g/mol.